The molecule has 0 saturated carbocycles. The van der Waals surface area contributed by atoms with Crippen LogP contribution in [-0.4, -0.2) is 21.0 Å². The molecule has 0 aliphatic heterocycles. The zero-order chi connectivity index (χ0) is 20.3. The molecule has 146 valence electrons. The van der Waals surface area contributed by atoms with Gasteiger partial charge in [-0.05, 0) is 38.0 Å². The maximum atomic E-state index is 6.43. The maximum absolute atomic E-state index is 6.43. The van der Waals surface area contributed by atoms with Crippen LogP contribution in [0.15, 0.2) is 18.5 Å². The van der Waals surface area contributed by atoms with Crippen LogP contribution < -0.4 is 4.74 Å². The van der Waals surface area contributed by atoms with E-state index in [0.717, 1.165) is 28.3 Å². The average molecular weight is 429 g/mol. The number of hydrogen-bond acceptors (Lipinski definition) is 3. The summed E-state index contributed by atoms with van der Waals surface area (Å²) in [7, 11) is 0. The van der Waals surface area contributed by atoms with Crippen molar-refractivity contribution in [2.45, 2.75) is 47.5 Å². The highest BCUT2D eigenvalue weighted by atomic mass is 35.5. The van der Waals surface area contributed by atoms with Crippen LogP contribution in [0, 0.1) is 13.8 Å². The fraction of sp³-hybridized carbons (Fsp3) is 0.400. The number of aromatic nitrogens is 3. The number of imidazole rings is 1. The third kappa shape index (κ3) is 4.03. The first kappa shape index (κ1) is 21.8. The summed E-state index contributed by atoms with van der Waals surface area (Å²) < 4.78 is 7.78. The molecule has 3 aromatic rings. The number of benzene rings is 1. The van der Waals surface area contributed by atoms with E-state index >= 15 is 0 Å². The predicted molar refractivity (Wildman–Crippen MR) is 114 cm³/mol. The highest BCUT2D eigenvalue weighted by molar-refractivity contribution is 6.38. The van der Waals surface area contributed by atoms with Gasteiger partial charge in [0.1, 0.15) is 17.1 Å². The second-order valence-corrected chi connectivity index (χ2v) is 7.00. The van der Waals surface area contributed by atoms with E-state index in [2.05, 4.69) is 9.97 Å². The number of ether oxygens (including phenoxy) is 1. The molecule has 0 N–H and O–H groups in total. The van der Waals surface area contributed by atoms with E-state index in [0.29, 0.717) is 27.5 Å². The van der Waals surface area contributed by atoms with Crippen molar-refractivity contribution in [1.29, 1.82) is 0 Å². The fourth-order valence-corrected chi connectivity index (χ4v) is 3.77. The molecular formula is C20H24Cl3N3O. The van der Waals surface area contributed by atoms with Crippen LogP contribution in [-0.2, 0) is 0 Å². The van der Waals surface area contributed by atoms with Crippen LogP contribution >= 0.6 is 34.8 Å². The molecule has 4 nitrogen and oxygen atoms in total. The van der Waals surface area contributed by atoms with Gasteiger partial charge < -0.3 is 4.74 Å². The van der Waals surface area contributed by atoms with Crippen LogP contribution in [0.5, 0.6) is 5.75 Å². The minimum absolute atomic E-state index is 0.100. The van der Waals surface area contributed by atoms with Gasteiger partial charge in [0, 0.05) is 28.9 Å². The van der Waals surface area contributed by atoms with E-state index in [1.54, 1.807) is 12.4 Å². The summed E-state index contributed by atoms with van der Waals surface area (Å²) in [5, 5.41) is 1.35. The van der Waals surface area contributed by atoms with Gasteiger partial charge >= 0.3 is 0 Å². The molecule has 0 aliphatic carbocycles. The Morgan fingerprint density at radius 2 is 1.78 bits per heavy atom. The van der Waals surface area contributed by atoms with Crippen molar-refractivity contribution in [1.82, 2.24) is 14.4 Å². The molecule has 7 heteroatoms. The van der Waals surface area contributed by atoms with Crippen molar-refractivity contribution in [3.8, 4) is 5.75 Å². The number of nitrogens with zero attached hydrogens (tertiary/aromatic N) is 3. The molecule has 2 heterocycles. The van der Waals surface area contributed by atoms with Crippen LogP contribution in [0.4, 0.5) is 0 Å². The first-order valence-electron chi connectivity index (χ1n) is 8.97. The van der Waals surface area contributed by atoms with E-state index in [1.807, 2.05) is 52.0 Å². The third-order valence-corrected chi connectivity index (χ3v) is 5.38. The van der Waals surface area contributed by atoms with Gasteiger partial charge in [-0.3, -0.25) is 4.40 Å². The van der Waals surface area contributed by atoms with Crippen LogP contribution in [0.1, 0.15) is 56.1 Å². The number of fused-ring (bicyclic) bond motifs is 1. The average Bonchev–Trinajstić information content (AvgIpc) is 3.01. The van der Waals surface area contributed by atoms with E-state index in [-0.39, 0.29) is 5.92 Å². The first-order chi connectivity index (χ1) is 12.9. The zero-order valence-electron chi connectivity index (χ0n) is 16.4. The molecule has 0 amide bonds. The molecule has 0 radical (unpaired) electrons. The lowest BCUT2D eigenvalue weighted by Crippen LogP contribution is -2.08. The standard InChI is InChI=1S/C18H18Cl3N3O.C2H6/c1-5-25-15-10(3)9(2)13(19)8-12(15)11(4)18-23-17(21)14-16(20)22-6-7-24(14)18;1-2/h6-8,11H,5H2,1-4H3;1-2H3. The molecule has 1 atom stereocenters. The summed E-state index contributed by atoms with van der Waals surface area (Å²) in [5.41, 5.74) is 3.61. The molecule has 1 aromatic carbocycles. The van der Waals surface area contributed by atoms with Gasteiger partial charge in [-0.1, -0.05) is 55.6 Å². The number of halogens is 3. The van der Waals surface area contributed by atoms with Crippen LogP contribution in [0.25, 0.3) is 5.52 Å². The monoisotopic (exact) mass is 427 g/mol. The summed E-state index contributed by atoms with van der Waals surface area (Å²) in [5.74, 6) is 1.49. The van der Waals surface area contributed by atoms with Gasteiger partial charge in [-0.15, -0.1) is 0 Å². The highest BCUT2D eigenvalue weighted by Gasteiger charge is 2.24. The summed E-state index contributed by atoms with van der Waals surface area (Å²) in [4.78, 5) is 8.59. The Balaban J connectivity index is 0.00000126. The van der Waals surface area contributed by atoms with Crippen molar-refractivity contribution in [3.05, 3.63) is 56.3 Å². The normalized spacial score (nSPS) is 11.9. The fourth-order valence-electron chi connectivity index (χ4n) is 2.96. The van der Waals surface area contributed by atoms with Gasteiger partial charge in [0.2, 0.25) is 0 Å². The topological polar surface area (TPSA) is 39.4 Å². The molecular weight excluding hydrogens is 405 g/mol. The lowest BCUT2D eigenvalue weighted by atomic mass is 9.94. The van der Waals surface area contributed by atoms with E-state index < -0.39 is 0 Å². The molecule has 1 unspecified atom stereocenters. The minimum atomic E-state index is -0.100. The smallest absolute Gasteiger partial charge is 0.158 e. The number of rotatable bonds is 4. The quantitative estimate of drug-likeness (QED) is 0.454. The summed E-state index contributed by atoms with van der Waals surface area (Å²) in [6.07, 6.45) is 3.43. The van der Waals surface area contributed by atoms with Crippen molar-refractivity contribution in [3.63, 3.8) is 0 Å². The van der Waals surface area contributed by atoms with E-state index in [4.69, 9.17) is 39.5 Å². The Morgan fingerprint density at radius 3 is 2.41 bits per heavy atom. The lowest BCUT2D eigenvalue weighted by molar-refractivity contribution is 0.332. The van der Waals surface area contributed by atoms with Gasteiger partial charge in [-0.25, -0.2) is 9.97 Å². The molecule has 0 spiro atoms. The lowest BCUT2D eigenvalue weighted by Gasteiger charge is -2.20. The predicted octanol–water partition coefficient (Wildman–Crippen LogP) is 6.88. The van der Waals surface area contributed by atoms with Gasteiger partial charge in [0.15, 0.2) is 10.3 Å². The zero-order valence-corrected chi connectivity index (χ0v) is 18.7. The van der Waals surface area contributed by atoms with E-state index in [9.17, 15) is 0 Å². The van der Waals surface area contributed by atoms with Crippen molar-refractivity contribution >= 4 is 40.3 Å². The van der Waals surface area contributed by atoms with Gasteiger partial charge in [0.25, 0.3) is 0 Å². The number of hydrogen-bond donors (Lipinski definition) is 0. The SMILES string of the molecule is CC.CCOc1c(C(C)c2nc(Cl)c3c(Cl)nccn23)cc(Cl)c(C)c1C. The molecule has 0 bridgehead atoms. The molecule has 2 aromatic heterocycles. The Kier molecular flexibility index (Phi) is 7.38. The van der Waals surface area contributed by atoms with Gasteiger partial charge in [-0.2, -0.15) is 0 Å². The van der Waals surface area contributed by atoms with Crippen LogP contribution in [0.2, 0.25) is 15.3 Å². The molecule has 0 fully saturated rings. The maximum Gasteiger partial charge on any atom is 0.158 e. The molecule has 0 aliphatic rings. The molecule has 3 rings (SSSR count). The molecule has 0 saturated heterocycles. The van der Waals surface area contributed by atoms with Crippen molar-refractivity contribution in [2.75, 3.05) is 6.61 Å². The van der Waals surface area contributed by atoms with E-state index in [1.165, 1.54) is 0 Å². The minimum Gasteiger partial charge on any atom is -0.493 e. The first-order valence-corrected chi connectivity index (χ1v) is 10.1. The summed E-state index contributed by atoms with van der Waals surface area (Å²) in [6.45, 7) is 12.6. The second-order valence-electron chi connectivity index (χ2n) is 5.88. The van der Waals surface area contributed by atoms with Crippen LogP contribution in [0.3, 0.4) is 0 Å². The Labute approximate surface area is 175 Å². The highest BCUT2D eigenvalue weighted by Crippen LogP contribution is 2.39. The molecule has 27 heavy (non-hydrogen) atoms. The van der Waals surface area contributed by atoms with Crippen molar-refractivity contribution in [2.24, 2.45) is 0 Å². The largest absolute Gasteiger partial charge is 0.493 e. The third-order valence-electron chi connectivity index (χ3n) is 4.44. The summed E-state index contributed by atoms with van der Waals surface area (Å²) >= 11 is 18.9. The Bertz CT molecular complexity index is 954. The second kappa shape index (κ2) is 9.13. The Morgan fingerprint density at radius 1 is 1.11 bits per heavy atom. The van der Waals surface area contributed by atoms with Gasteiger partial charge in [0.05, 0.1) is 6.61 Å². The Hall–Kier alpha value is -1.49. The summed E-state index contributed by atoms with van der Waals surface area (Å²) in [6, 6.07) is 1.94. The van der Waals surface area contributed by atoms with Crippen molar-refractivity contribution < 1.29 is 4.74 Å².